The Morgan fingerprint density at radius 2 is 2.26 bits per heavy atom. The topological polar surface area (TPSA) is 69.2 Å². The molecule has 1 unspecified atom stereocenters. The normalized spacial score (nSPS) is 21.2. The number of hydrogen-bond donors (Lipinski definition) is 2. The summed E-state index contributed by atoms with van der Waals surface area (Å²) in [6.45, 7) is 5.52. The molecule has 1 aromatic rings. The van der Waals surface area contributed by atoms with Crippen LogP contribution in [0.1, 0.15) is 25.5 Å². The number of anilines is 1. The Kier molecular flexibility index (Phi) is 4.37. The second kappa shape index (κ2) is 6.02. The lowest BCUT2D eigenvalue weighted by atomic mass is 10.1. The van der Waals surface area contributed by atoms with Crippen LogP contribution in [0.15, 0.2) is 18.3 Å². The van der Waals surface area contributed by atoms with Crippen molar-refractivity contribution in [2.24, 2.45) is 5.73 Å². The summed E-state index contributed by atoms with van der Waals surface area (Å²) in [6.07, 6.45) is 4.13. The van der Waals surface area contributed by atoms with Crippen LogP contribution in [-0.2, 0) is 0 Å². The maximum atomic E-state index is 7.38. The maximum absolute atomic E-state index is 7.38. The van der Waals surface area contributed by atoms with Crippen LogP contribution in [0.4, 0.5) is 5.69 Å². The van der Waals surface area contributed by atoms with Gasteiger partial charge < -0.3 is 15.5 Å². The molecule has 1 aliphatic rings. The summed E-state index contributed by atoms with van der Waals surface area (Å²) < 4.78 is 0. The van der Waals surface area contributed by atoms with Crippen LogP contribution in [0.5, 0.6) is 0 Å². The molecule has 0 aliphatic carbocycles. The lowest BCUT2D eigenvalue weighted by molar-refractivity contribution is 0.328. The molecule has 0 bridgehead atoms. The van der Waals surface area contributed by atoms with Crippen molar-refractivity contribution in [3.05, 3.63) is 24.0 Å². The summed E-state index contributed by atoms with van der Waals surface area (Å²) in [5.41, 5.74) is 7.12. The largest absolute Gasteiger partial charge is 0.382 e. The molecule has 19 heavy (non-hydrogen) atoms. The van der Waals surface area contributed by atoms with Gasteiger partial charge in [0.25, 0.3) is 0 Å². The fraction of sp³-hybridized carbons (Fsp3) is 0.571. The van der Waals surface area contributed by atoms with Gasteiger partial charge in [-0.2, -0.15) is 0 Å². The van der Waals surface area contributed by atoms with E-state index in [1.54, 1.807) is 0 Å². The number of likely N-dealkylation sites (N-methyl/N-ethyl adjacent to an activating group) is 1. The first-order valence-electron chi connectivity index (χ1n) is 6.87. The number of pyridine rings is 1. The van der Waals surface area contributed by atoms with E-state index in [2.05, 4.69) is 28.8 Å². The third-order valence-electron chi connectivity index (χ3n) is 3.73. The Bertz CT molecular complexity index is 428. The van der Waals surface area contributed by atoms with E-state index in [0.29, 0.717) is 11.7 Å². The molecule has 2 rings (SSSR count). The fourth-order valence-corrected chi connectivity index (χ4v) is 2.65. The van der Waals surface area contributed by atoms with Gasteiger partial charge in [0.2, 0.25) is 0 Å². The van der Waals surface area contributed by atoms with Gasteiger partial charge in [0, 0.05) is 19.1 Å². The molecule has 104 valence electrons. The summed E-state index contributed by atoms with van der Waals surface area (Å²) in [7, 11) is 2.18. The number of amidine groups is 1. The zero-order chi connectivity index (χ0) is 13.8. The molecule has 1 aromatic heterocycles. The molecule has 1 atom stereocenters. The average molecular weight is 261 g/mol. The minimum absolute atomic E-state index is 0.0224. The van der Waals surface area contributed by atoms with Gasteiger partial charge in [0.15, 0.2) is 0 Å². The van der Waals surface area contributed by atoms with E-state index in [-0.39, 0.29) is 5.84 Å². The standard InChI is InChI=1S/C14H23N5/c1-3-11-10-18(2)7-4-8-19(11)12-5-6-13(14(15)16)17-9-12/h5-6,9,11H,3-4,7-8,10H2,1-2H3,(H3,15,16). The van der Waals surface area contributed by atoms with E-state index in [1.165, 1.54) is 6.42 Å². The second-order valence-corrected chi connectivity index (χ2v) is 5.19. The van der Waals surface area contributed by atoms with Crippen LogP contribution in [-0.4, -0.2) is 48.4 Å². The van der Waals surface area contributed by atoms with Gasteiger partial charge in [-0.25, -0.2) is 0 Å². The lowest BCUT2D eigenvalue weighted by Gasteiger charge is -2.32. The summed E-state index contributed by atoms with van der Waals surface area (Å²) in [5, 5.41) is 7.38. The number of nitrogen functional groups attached to an aromatic ring is 1. The number of nitrogens with zero attached hydrogens (tertiary/aromatic N) is 3. The molecular weight excluding hydrogens is 238 g/mol. The van der Waals surface area contributed by atoms with Crippen molar-refractivity contribution in [3.8, 4) is 0 Å². The number of hydrogen-bond acceptors (Lipinski definition) is 4. The Morgan fingerprint density at radius 1 is 1.47 bits per heavy atom. The molecule has 0 amide bonds. The van der Waals surface area contributed by atoms with E-state index in [9.17, 15) is 0 Å². The van der Waals surface area contributed by atoms with Crippen LogP contribution in [0.2, 0.25) is 0 Å². The fourth-order valence-electron chi connectivity index (χ4n) is 2.65. The van der Waals surface area contributed by atoms with Crippen LogP contribution in [0, 0.1) is 5.41 Å². The van der Waals surface area contributed by atoms with Crippen molar-refractivity contribution in [2.75, 3.05) is 31.6 Å². The Morgan fingerprint density at radius 3 is 2.84 bits per heavy atom. The zero-order valence-electron chi connectivity index (χ0n) is 11.8. The first-order chi connectivity index (χ1) is 9.11. The predicted octanol–water partition coefficient (Wildman–Crippen LogP) is 1.29. The van der Waals surface area contributed by atoms with Crippen molar-refractivity contribution in [1.82, 2.24) is 9.88 Å². The van der Waals surface area contributed by atoms with Gasteiger partial charge in [-0.1, -0.05) is 6.92 Å². The van der Waals surface area contributed by atoms with Crippen molar-refractivity contribution < 1.29 is 0 Å². The highest BCUT2D eigenvalue weighted by molar-refractivity contribution is 5.93. The van der Waals surface area contributed by atoms with Crippen molar-refractivity contribution in [1.29, 1.82) is 5.41 Å². The third-order valence-corrected chi connectivity index (χ3v) is 3.73. The SMILES string of the molecule is CCC1CN(C)CCCN1c1ccc(C(=N)N)nc1. The molecule has 1 aliphatic heterocycles. The number of nitrogens with two attached hydrogens (primary N) is 1. The van der Waals surface area contributed by atoms with E-state index >= 15 is 0 Å². The number of nitrogens with one attached hydrogen (secondary N) is 1. The first-order valence-corrected chi connectivity index (χ1v) is 6.87. The van der Waals surface area contributed by atoms with Crippen molar-refractivity contribution in [2.45, 2.75) is 25.8 Å². The second-order valence-electron chi connectivity index (χ2n) is 5.19. The molecule has 0 radical (unpaired) electrons. The van der Waals surface area contributed by atoms with Gasteiger partial charge in [-0.05, 0) is 38.6 Å². The Hall–Kier alpha value is -1.62. The molecule has 2 heterocycles. The summed E-state index contributed by atoms with van der Waals surface area (Å²) in [6, 6.07) is 4.38. The summed E-state index contributed by atoms with van der Waals surface area (Å²) in [4.78, 5) is 9.09. The molecule has 1 saturated heterocycles. The minimum atomic E-state index is 0.0224. The highest BCUT2D eigenvalue weighted by atomic mass is 15.2. The molecule has 5 nitrogen and oxygen atoms in total. The van der Waals surface area contributed by atoms with Gasteiger partial charge in [0.05, 0.1) is 11.9 Å². The van der Waals surface area contributed by atoms with Gasteiger partial charge >= 0.3 is 0 Å². The highest BCUT2D eigenvalue weighted by Crippen LogP contribution is 2.21. The molecule has 3 N–H and O–H groups in total. The maximum Gasteiger partial charge on any atom is 0.141 e. The minimum Gasteiger partial charge on any atom is -0.382 e. The smallest absolute Gasteiger partial charge is 0.141 e. The molecule has 0 spiro atoms. The van der Waals surface area contributed by atoms with Crippen molar-refractivity contribution in [3.63, 3.8) is 0 Å². The van der Waals surface area contributed by atoms with E-state index in [0.717, 1.165) is 31.7 Å². The summed E-state index contributed by atoms with van der Waals surface area (Å²) in [5.74, 6) is 0.0224. The molecule has 1 fully saturated rings. The van der Waals surface area contributed by atoms with Gasteiger partial charge in [0.1, 0.15) is 11.5 Å². The van der Waals surface area contributed by atoms with E-state index in [4.69, 9.17) is 11.1 Å². The van der Waals surface area contributed by atoms with E-state index < -0.39 is 0 Å². The Balaban J connectivity index is 2.20. The Labute approximate surface area is 114 Å². The van der Waals surface area contributed by atoms with Crippen molar-refractivity contribution >= 4 is 11.5 Å². The number of aromatic nitrogens is 1. The molecule has 0 aromatic carbocycles. The molecule has 0 saturated carbocycles. The predicted molar refractivity (Wildman–Crippen MR) is 78.8 cm³/mol. The van der Waals surface area contributed by atoms with E-state index in [1.807, 2.05) is 18.3 Å². The van der Waals surface area contributed by atoms with Gasteiger partial charge in [-0.15, -0.1) is 0 Å². The van der Waals surface area contributed by atoms with Crippen LogP contribution >= 0.6 is 0 Å². The molecule has 5 heteroatoms. The van der Waals surface area contributed by atoms with Crippen LogP contribution < -0.4 is 10.6 Å². The highest BCUT2D eigenvalue weighted by Gasteiger charge is 2.22. The first kappa shape index (κ1) is 13.8. The third kappa shape index (κ3) is 3.23. The zero-order valence-corrected chi connectivity index (χ0v) is 11.8. The van der Waals surface area contributed by atoms with Crippen LogP contribution in [0.25, 0.3) is 0 Å². The summed E-state index contributed by atoms with van der Waals surface area (Å²) >= 11 is 0. The van der Waals surface area contributed by atoms with Crippen LogP contribution in [0.3, 0.4) is 0 Å². The lowest BCUT2D eigenvalue weighted by Crippen LogP contribution is -2.39. The monoisotopic (exact) mass is 261 g/mol. The quantitative estimate of drug-likeness (QED) is 0.635. The van der Waals surface area contributed by atoms with Gasteiger partial charge in [-0.3, -0.25) is 10.4 Å². The molecular formula is C14H23N5. The average Bonchev–Trinajstić information content (AvgIpc) is 2.60. The number of rotatable bonds is 3.